The van der Waals surface area contributed by atoms with Gasteiger partial charge in [0.15, 0.2) is 5.96 Å². The molecule has 3 rings (SSSR count). The lowest BCUT2D eigenvalue weighted by Gasteiger charge is -2.19. The Morgan fingerprint density at radius 3 is 2.62 bits per heavy atom. The summed E-state index contributed by atoms with van der Waals surface area (Å²) in [4.78, 5) is 6.77. The topological polar surface area (TPSA) is 75.9 Å². The molecule has 0 spiro atoms. The molecule has 2 aromatic rings. The van der Waals surface area contributed by atoms with Crippen molar-refractivity contribution in [1.82, 2.24) is 25.3 Å². The molecule has 1 aliphatic rings. The van der Waals surface area contributed by atoms with Crippen molar-refractivity contribution in [1.29, 1.82) is 0 Å². The minimum Gasteiger partial charge on any atom is -0.497 e. The molecule has 1 fully saturated rings. The number of nitrogens with zero attached hydrogens (tertiary/aromatic N) is 4. The maximum Gasteiger partial charge on any atom is 0.191 e. The van der Waals surface area contributed by atoms with Gasteiger partial charge in [0.25, 0.3) is 0 Å². The van der Waals surface area contributed by atoms with Crippen LogP contribution in [0.2, 0.25) is 0 Å². The molecule has 1 saturated heterocycles. The van der Waals surface area contributed by atoms with E-state index < -0.39 is 0 Å². The maximum atomic E-state index is 5.37. The van der Waals surface area contributed by atoms with E-state index in [1.165, 1.54) is 5.56 Å². The summed E-state index contributed by atoms with van der Waals surface area (Å²) < 4.78 is 12.6. The largest absolute Gasteiger partial charge is 0.497 e. The number of methoxy groups -OCH3 is 2. The van der Waals surface area contributed by atoms with Crippen molar-refractivity contribution in [3.05, 3.63) is 42.2 Å². The Hall–Kier alpha value is -2.01. The van der Waals surface area contributed by atoms with Gasteiger partial charge in [-0.3, -0.25) is 14.6 Å². The molecule has 0 aliphatic carbocycles. The van der Waals surface area contributed by atoms with E-state index in [9.17, 15) is 0 Å². The second-order valence-corrected chi connectivity index (χ2v) is 6.85. The van der Waals surface area contributed by atoms with E-state index in [4.69, 9.17) is 9.47 Å². The van der Waals surface area contributed by atoms with Crippen LogP contribution >= 0.6 is 24.0 Å². The molecule has 2 N–H and O–H groups in total. The first kappa shape index (κ1) is 23.3. The van der Waals surface area contributed by atoms with Crippen LogP contribution in [0.15, 0.2) is 41.7 Å². The summed E-state index contributed by atoms with van der Waals surface area (Å²) in [5.74, 6) is 2.48. The zero-order valence-electron chi connectivity index (χ0n) is 17.3. The van der Waals surface area contributed by atoms with Crippen molar-refractivity contribution in [2.45, 2.75) is 25.6 Å². The Morgan fingerprint density at radius 1 is 1.24 bits per heavy atom. The summed E-state index contributed by atoms with van der Waals surface area (Å²) in [5.41, 5.74) is 1.19. The summed E-state index contributed by atoms with van der Waals surface area (Å²) in [7, 11) is 5.16. The van der Waals surface area contributed by atoms with Crippen LogP contribution in [0.3, 0.4) is 0 Å². The third-order valence-corrected chi connectivity index (χ3v) is 4.85. The molecular weight excluding hydrogens is 483 g/mol. The number of hydrogen-bond donors (Lipinski definition) is 2. The predicted molar refractivity (Wildman–Crippen MR) is 125 cm³/mol. The zero-order chi connectivity index (χ0) is 19.8. The number of ether oxygens (including phenoxy) is 2. The Kier molecular flexibility index (Phi) is 9.52. The van der Waals surface area contributed by atoms with Crippen LogP contribution in [-0.2, 0) is 13.1 Å². The lowest BCUT2D eigenvalue weighted by molar-refractivity contribution is 0.321. The smallest absolute Gasteiger partial charge is 0.191 e. The van der Waals surface area contributed by atoms with Crippen LogP contribution in [0, 0.1) is 0 Å². The summed E-state index contributed by atoms with van der Waals surface area (Å²) in [6.07, 6.45) is 4.83. The normalized spacial score (nSPS) is 16.9. The number of benzene rings is 1. The molecule has 2 heterocycles. The summed E-state index contributed by atoms with van der Waals surface area (Å²) in [6, 6.07) is 8.34. The molecule has 1 aromatic carbocycles. The fourth-order valence-corrected chi connectivity index (χ4v) is 3.42. The van der Waals surface area contributed by atoms with E-state index in [1.54, 1.807) is 27.5 Å². The van der Waals surface area contributed by atoms with Crippen LogP contribution in [0.1, 0.15) is 12.0 Å². The quantitative estimate of drug-likeness (QED) is 0.319. The fraction of sp³-hybridized carbons (Fsp3) is 0.500. The highest BCUT2D eigenvalue weighted by Gasteiger charge is 2.23. The molecule has 0 radical (unpaired) electrons. The number of hydrogen-bond acceptors (Lipinski definition) is 5. The van der Waals surface area contributed by atoms with E-state index in [0.29, 0.717) is 6.04 Å². The molecule has 8 nitrogen and oxygen atoms in total. The lowest BCUT2D eigenvalue weighted by Crippen LogP contribution is -2.45. The Bertz CT molecular complexity index is 746. The second-order valence-electron chi connectivity index (χ2n) is 6.85. The van der Waals surface area contributed by atoms with Gasteiger partial charge in [0.1, 0.15) is 11.5 Å². The zero-order valence-corrected chi connectivity index (χ0v) is 19.6. The molecule has 0 bridgehead atoms. The Balaban J connectivity index is 0.00000300. The second kappa shape index (κ2) is 11.9. The first-order valence-corrected chi connectivity index (χ1v) is 9.59. The standard InChI is InChI=1S/C20H30N6O2.HI/c1-21-20(22-7-10-26-8-4-6-23-26)24-17-5-9-25(15-17)14-16-11-18(27-2)13-19(12-16)28-3;/h4,6,8,11-13,17H,5,7,9-10,14-15H2,1-3H3,(H2,21,22,24);1H. The average molecular weight is 514 g/mol. The van der Waals surface area contributed by atoms with Gasteiger partial charge >= 0.3 is 0 Å². The first-order valence-electron chi connectivity index (χ1n) is 9.59. The van der Waals surface area contributed by atoms with E-state index in [1.807, 2.05) is 23.0 Å². The molecule has 1 unspecified atom stereocenters. The fourth-order valence-electron chi connectivity index (χ4n) is 3.42. The number of aromatic nitrogens is 2. The van der Waals surface area contributed by atoms with Crippen molar-refractivity contribution in [3.63, 3.8) is 0 Å². The van der Waals surface area contributed by atoms with Gasteiger partial charge in [0.05, 0.1) is 20.8 Å². The Labute approximate surface area is 189 Å². The monoisotopic (exact) mass is 514 g/mol. The van der Waals surface area contributed by atoms with Gasteiger partial charge in [-0.2, -0.15) is 5.10 Å². The summed E-state index contributed by atoms with van der Waals surface area (Å²) in [6.45, 7) is 4.47. The van der Waals surface area contributed by atoms with Crippen molar-refractivity contribution in [3.8, 4) is 11.5 Å². The van der Waals surface area contributed by atoms with Crippen molar-refractivity contribution >= 4 is 29.9 Å². The molecule has 0 amide bonds. The highest BCUT2D eigenvalue weighted by atomic mass is 127. The van der Waals surface area contributed by atoms with E-state index >= 15 is 0 Å². The lowest BCUT2D eigenvalue weighted by atomic mass is 10.2. The predicted octanol–water partition coefficient (Wildman–Crippen LogP) is 1.96. The highest BCUT2D eigenvalue weighted by Crippen LogP contribution is 2.24. The number of halogens is 1. The van der Waals surface area contributed by atoms with Crippen molar-refractivity contribution < 1.29 is 9.47 Å². The van der Waals surface area contributed by atoms with Crippen molar-refractivity contribution in [2.24, 2.45) is 4.99 Å². The van der Waals surface area contributed by atoms with Crippen LogP contribution in [0.25, 0.3) is 0 Å². The number of rotatable bonds is 8. The van der Waals surface area contributed by atoms with Gasteiger partial charge in [-0.1, -0.05) is 0 Å². The molecule has 29 heavy (non-hydrogen) atoms. The van der Waals surface area contributed by atoms with E-state index in [0.717, 1.165) is 56.6 Å². The number of guanidine groups is 1. The molecule has 160 valence electrons. The molecule has 1 aromatic heterocycles. The molecule has 0 saturated carbocycles. The molecule has 1 atom stereocenters. The third kappa shape index (κ3) is 7.07. The van der Waals surface area contributed by atoms with Gasteiger partial charge in [0.2, 0.25) is 0 Å². The van der Waals surface area contributed by atoms with Crippen molar-refractivity contribution in [2.75, 3.05) is 40.9 Å². The van der Waals surface area contributed by atoms with Gasteiger partial charge in [-0.15, -0.1) is 24.0 Å². The third-order valence-electron chi connectivity index (χ3n) is 4.85. The van der Waals surface area contributed by atoms with E-state index in [2.05, 4.69) is 37.8 Å². The van der Waals surface area contributed by atoms with Crippen LogP contribution < -0.4 is 20.1 Å². The van der Waals surface area contributed by atoms with Gasteiger partial charge < -0.3 is 20.1 Å². The Morgan fingerprint density at radius 2 is 2.00 bits per heavy atom. The SMILES string of the molecule is CN=C(NCCn1cccn1)NC1CCN(Cc2cc(OC)cc(OC)c2)C1.I. The summed E-state index contributed by atoms with van der Waals surface area (Å²) in [5, 5.41) is 11.1. The van der Waals surface area contributed by atoms with Crippen LogP contribution in [-0.4, -0.2) is 67.6 Å². The first-order chi connectivity index (χ1) is 13.7. The number of nitrogens with one attached hydrogen (secondary N) is 2. The summed E-state index contributed by atoms with van der Waals surface area (Å²) >= 11 is 0. The van der Waals surface area contributed by atoms with Gasteiger partial charge in [-0.25, -0.2) is 0 Å². The minimum absolute atomic E-state index is 0. The molecule has 1 aliphatic heterocycles. The van der Waals surface area contributed by atoms with E-state index in [-0.39, 0.29) is 24.0 Å². The van der Waals surface area contributed by atoms with Gasteiger partial charge in [-0.05, 0) is 30.2 Å². The molecule has 9 heteroatoms. The minimum atomic E-state index is 0. The van der Waals surface area contributed by atoms with Gasteiger partial charge in [0, 0.05) is 57.7 Å². The van der Waals surface area contributed by atoms with Crippen LogP contribution in [0.5, 0.6) is 11.5 Å². The average Bonchev–Trinajstić information content (AvgIpc) is 3.39. The van der Waals surface area contributed by atoms with Crippen LogP contribution in [0.4, 0.5) is 0 Å². The number of likely N-dealkylation sites (tertiary alicyclic amines) is 1. The molecular formula is C20H31IN6O2. The highest BCUT2D eigenvalue weighted by molar-refractivity contribution is 14.0. The number of aliphatic imine (C=N–C) groups is 1. The maximum absolute atomic E-state index is 5.37.